The van der Waals surface area contributed by atoms with Crippen LogP contribution in [0.25, 0.3) is 22.1 Å². The molecule has 0 bridgehead atoms. The maximum atomic E-state index is 6.55. The highest BCUT2D eigenvalue weighted by molar-refractivity contribution is 5.97. The largest absolute Gasteiger partial charge is 0.455 e. The van der Waals surface area contributed by atoms with Crippen LogP contribution in [-0.4, -0.2) is 13.1 Å². The summed E-state index contributed by atoms with van der Waals surface area (Å²) < 4.78 is 12.7. The molecule has 0 radical (unpaired) electrons. The summed E-state index contributed by atoms with van der Waals surface area (Å²) in [7, 11) is 1.99. The Morgan fingerprint density at radius 1 is 0.889 bits per heavy atom. The van der Waals surface area contributed by atoms with Crippen LogP contribution in [0, 0.1) is 0 Å². The average molecular weight is 355 g/mol. The molecule has 0 amide bonds. The van der Waals surface area contributed by atoms with Crippen molar-refractivity contribution in [2.24, 2.45) is 0 Å². The van der Waals surface area contributed by atoms with E-state index in [1.807, 2.05) is 43.4 Å². The van der Waals surface area contributed by atoms with Crippen LogP contribution in [0.5, 0.6) is 5.95 Å². The summed E-state index contributed by atoms with van der Waals surface area (Å²) in [5.74, 6) is 0.587. The topological polar surface area (TPSA) is 34.4 Å². The highest BCUT2D eigenvalue weighted by Gasteiger charge is 2.34. The first kappa shape index (κ1) is 16.2. The van der Waals surface area contributed by atoms with Crippen LogP contribution in [0.4, 0.5) is 0 Å². The number of rotatable bonds is 4. The summed E-state index contributed by atoms with van der Waals surface area (Å²) in [5.41, 5.74) is 5.53. The fourth-order valence-electron chi connectivity index (χ4n) is 4.06. The maximum absolute atomic E-state index is 6.55. The minimum absolute atomic E-state index is 0.0748. The second-order valence-electron chi connectivity index (χ2n) is 6.96. The Morgan fingerprint density at radius 2 is 1.63 bits per heavy atom. The van der Waals surface area contributed by atoms with Gasteiger partial charge in [-0.3, -0.25) is 0 Å². The average Bonchev–Trinajstić information content (AvgIpc) is 3.27. The quantitative estimate of drug-likeness (QED) is 0.535. The molecule has 0 fully saturated rings. The molecule has 4 aromatic rings. The van der Waals surface area contributed by atoms with Gasteiger partial charge in [0.05, 0.1) is 11.6 Å². The van der Waals surface area contributed by atoms with E-state index < -0.39 is 0 Å². The molecule has 2 unspecified atom stereocenters. The Kier molecular flexibility index (Phi) is 3.95. The first-order chi connectivity index (χ1) is 13.3. The van der Waals surface area contributed by atoms with Gasteiger partial charge in [0.15, 0.2) is 0 Å². The second-order valence-corrected chi connectivity index (χ2v) is 6.96. The minimum atomic E-state index is -0.0748. The Hall–Kier alpha value is -3.04. The minimum Gasteiger partial charge on any atom is -0.455 e. The van der Waals surface area contributed by atoms with Gasteiger partial charge in [-0.2, -0.15) is 0 Å². The molecule has 0 saturated carbocycles. The lowest BCUT2D eigenvalue weighted by atomic mass is 10.0. The summed E-state index contributed by atoms with van der Waals surface area (Å²) in [5, 5.41) is 4.48. The molecule has 1 aliphatic carbocycles. The molecule has 3 aromatic carbocycles. The Balaban J connectivity index is 1.64. The van der Waals surface area contributed by atoms with Gasteiger partial charge in [-0.25, -0.2) is 0 Å². The molecule has 3 heteroatoms. The zero-order valence-electron chi connectivity index (χ0n) is 15.2. The molecule has 0 spiro atoms. The number of nitrogens with one attached hydrogen (secondary N) is 1. The lowest BCUT2D eigenvalue weighted by Gasteiger charge is -2.21. The van der Waals surface area contributed by atoms with Crippen molar-refractivity contribution in [2.45, 2.75) is 18.6 Å². The zero-order valence-corrected chi connectivity index (χ0v) is 15.2. The number of likely N-dealkylation sites (N-methyl/N-ethyl adjacent to an activating group) is 1. The summed E-state index contributed by atoms with van der Waals surface area (Å²) in [6.45, 7) is 0. The predicted octanol–water partition coefficient (Wildman–Crippen LogP) is 5.36. The van der Waals surface area contributed by atoms with Crippen LogP contribution in [0.3, 0.4) is 0 Å². The van der Waals surface area contributed by atoms with Crippen molar-refractivity contribution >= 4 is 11.0 Å². The molecular weight excluding hydrogens is 334 g/mol. The number of fused-ring (bicyclic) bond motifs is 2. The normalized spacial score (nSPS) is 18.6. The molecular formula is C24H21NO2. The maximum Gasteiger partial charge on any atom is 0.294 e. The van der Waals surface area contributed by atoms with Gasteiger partial charge in [0.1, 0.15) is 11.7 Å². The lowest BCUT2D eigenvalue weighted by Crippen LogP contribution is -2.32. The van der Waals surface area contributed by atoms with E-state index in [9.17, 15) is 0 Å². The highest BCUT2D eigenvalue weighted by atomic mass is 16.6. The van der Waals surface area contributed by atoms with E-state index >= 15 is 0 Å². The predicted molar refractivity (Wildman–Crippen MR) is 108 cm³/mol. The van der Waals surface area contributed by atoms with Crippen molar-refractivity contribution in [3.8, 4) is 17.1 Å². The van der Waals surface area contributed by atoms with Gasteiger partial charge in [-0.05, 0) is 36.2 Å². The molecule has 5 rings (SSSR count). The van der Waals surface area contributed by atoms with Gasteiger partial charge in [0, 0.05) is 5.39 Å². The molecule has 0 saturated heterocycles. The van der Waals surface area contributed by atoms with Crippen LogP contribution in [0.15, 0.2) is 83.3 Å². The monoisotopic (exact) mass is 355 g/mol. The van der Waals surface area contributed by atoms with Crippen molar-refractivity contribution < 1.29 is 9.15 Å². The van der Waals surface area contributed by atoms with Crippen LogP contribution in [-0.2, 0) is 6.42 Å². The van der Waals surface area contributed by atoms with Gasteiger partial charge in [0.25, 0.3) is 5.95 Å². The standard InChI is InChI=1S/C24H21NO2/c1-25-20-15-17-11-5-6-12-18(17)23(20)27-24-22(16-9-3-2-4-10-16)19-13-7-8-14-21(19)26-24/h2-14,20,23,25H,15H2,1H3. The summed E-state index contributed by atoms with van der Waals surface area (Å²) in [6.07, 6.45) is 0.882. The van der Waals surface area contributed by atoms with Crippen molar-refractivity contribution in [2.75, 3.05) is 7.05 Å². The summed E-state index contributed by atoms with van der Waals surface area (Å²) in [4.78, 5) is 0. The van der Waals surface area contributed by atoms with E-state index in [4.69, 9.17) is 9.15 Å². The zero-order chi connectivity index (χ0) is 18.2. The van der Waals surface area contributed by atoms with Gasteiger partial charge < -0.3 is 14.5 Å². The van der Waals surface area contributed by atoms with Crippen molar-refractivity contribution in [3.63, 3.8) is 0 Å². The third-order valence-corrected chi connectivity index (χ3v) is 5.40. The number of hydrogen-bond acceptors (Lipinski definition) is 3. The van der Waals surface area contributed by atoms with E-state index in [1.165, 1.54) is 11.1 Å². The smallest absolute Gasteiger partial charge is 0.294 e. The number of furan rings is 1. The molecule has 0 aliphatic heterocycles. The lowest BCUT2D eigenvalue weighted by molar-refractivity contribution is 0.137. The summed E-state index contributed by atoms with van der Waals surface area (Å²) in [6, 6.07) is 27.1. The van der Waals surface area contributed by atoms with Crippen molar-refractivity contribution in [1.29, 1.82) is 0 Å². The van der Waals surface area contributed by atoms with Crippen LogP contribution in [0.2, 0.25) is 0 Å². The number of ether oxygens (including phenoxy) is 1. The summed E-state index contributed by atoms with van der Waals surface area (Å²) >= 11 is 0. The number of benzene rings is 3. The van der Waals surface area contributed by atoms with E-state index in [2.05, 4.69) is 47.8 Å². The van der Waals surface area contributed by atoms with E-state index in [-0.39, 0.29) is 12.1 Å². The molecule has 1 aromatic heterocycles. The van der Waals surface area contributed by atoms with E-state index in [1.54, 1.807) is 0 Å². The molecule has 1 heterocycles. The fraction of sp³-hybridized carbons (Fsp3) is 0.167. The molecule has 134 valence electrons. The van der Waals surface area contributed by atoms with Gasteiger partial charge in [-0.15, -0.1) is 0 Å². The number of para-hydroxylation sites is 1. The van der Waals surface area contributed by atoms with Crippen LogP contribution >= 0.6 is 0 Å². The molecule has 2 atom stereocenters. The fourth-order valence-corrected chi connectivity index (χ4v) is 4.06. The van der Waals surface area contributed by atoms with Gasteiger partial charge in [0.2, 0.25) is 0 Å². The molecule has 1 N–H and O–H groups in total. The highest BCUT2D eigenvalue weighted by Crippen LogP contribution is 2.44. The first-order valence-electron chi connectivity index (χ1n) is 9.34. The number of hydrogen-bond donors (Lipinski definition) is 1. The Labute approximate surface area is 158 Å². The van der Waals surface area contributed by atoms with E-state index in [0.29, 0.717) is 5.95 Å². The molecule has 3 nitrogen and oxygen atoms in total. The van der Waals surface area contributed by atoms with E-state index in [0.717, 1.165) is 28.5 Å². The van der Waals surface area contributed by atoms with Gasteiger partial charge >= 0.3 is 0 Å². The first-order valence-corrected chi connectivity index (χ1v) is 9.34. The molecule has 1 aliphatic rings. The third-order valence-electron chi connectivity index (χ3n) is 5.40. The third kappa shape index (κ3) is 2.71. The Bertz CT molecular complexity index is 1080. The second kappa shape index (κ2) is 6.60. The SMILES string of the molecule is CNC1Cc2ccccc2C1Oc1oc2ccccc2c1-c1ccccc1. The van der Waals surface area contributed by atoms with Crippen LogP contribution in [0.1, 0.15) is 17.2 Å². The van der Waals surface area contributed by atoms with Crippen molar-refractivity contribution in [1.82, 2.24) is 5.32 Å². The van der Waals surface area contributed by atoms with Gasteiger partial charge in [-0.1, -0.05) is 72.8 Å². The van der Waals surface area contributed by atoms with Crippen molar-refractivity contribution in [3.05, 3.63) is 90.0 Å². The molecule has 27 heavy (non-hydrogen) atoms. The van der Waals surface area contributed by atoms with Crippen LogP contribution < -0.4 is 10.1 Å². The Morgan fingerprint density at radius 3 is 2.48 bits per heavy atom.